The van der Waals surface area contributed by atoms with Crippen LogP contribution in [0.2, 0.25) is 0 Å². The molecule has 0 aromatic heterocycles. The van der Waals surface area contributed by atoms with Crippen LogP contribution < -0.4 is 10.5 Å². The molecule has 5 heteroatoms. The zero-order valence-electron chi connectivity index (χ0n) is 10.6. The molecule has 0 amide bonds. The van der Waals surface area contributed by atoms with E-state index in [4.69, 9.17) is 5.02 Å². The van der Waals surface area contributed by atoms with Crippen LogP contribution in [-0.2, 0) is 23.6 Å². The molecule has 2 aromatic carbocycles. The van der Waals surface area contributed by atoms with Gasteiger partial charge in [-0.3, -0.25) is 0 Å². The molecule has 0 fully saturated rings. The van der Waals surface area contributed by atoms with Crippen molar-refractivity contribution in [3.8, 4) is 0 Å². The molecule has 0 aliphatic rings. The predicted molar refractivity (Wildman–Crippen MR) is 69.1 cm³/mol. The van der Waals surface area contributed by atoms with Crippen LogP contribution in [0.4, 0.5) is 0 Å². The molecule has 1 N–H and O–H groups in total. The summed E-state index contributed by atoms with van der Waals surface area (Å²) in [6, 6.07) is 15.3. The summed E-state index contributed by atoms with van der Waals surface area (Å²) < 4.78 is 0. The zero-order valence-corrected chi connectivity index (χ0v) is 11.7. The Kier molecular flexibility index (Phi) is 8.72. The van der Waals surface area contributed by atoms with Gasteiger partial charge in [-0.05, 0) is 20.6 Å². The third-order valence-corrected chi connectivity index (χ3v) is 2.25. The molecule has 0 aliphatic carbocycles. The first-order chi connectivity index (χ1) is 8.11. The van der Waals surface area contributed by atoms with Crippen LogP contribution in [0.3, 0.4) is 0 Å². The first kappa shape index (κ1) is 17.2. The third kappa shape index (κ3) is 6.19. The van der Waals surface area contributed by atoms with Crippen molar-refractivity contribution in [3.63, 3.8) is 0 Å². The molecule has 18 heavy (non-hydrogen) atoms. The maximum Gasteiger partial charge on any atom is 3.00 e. The summed E-state index contributed by atoms with van der Waals surface area (Å²) >= 11 is 0. The van der Waals surface area contributed by atoms with E-state index in [0.717, 1.165) is 5.56 Å². The first-order valence-electron chi connectivity index (χ1n) is 5.51. The molecule has 3 nitrogen and oxygen atoms in total. The van der Waals surface area contributed by atoms with Gasteiger partial charge in [-0.2, -0.15) is 35.3 Å². The topological polar surface area (TPSA) is 46.5 Å². The van der Waals surface area contributed by atoms with Gasteiger partial charge in [0.2, 0.25) is 0 Å². The number of hydrogen-bond acceptors (Lipinski definition) is 3. The summed E-state index contributed by atoms with van der Waals surface area (Å²) in [7, 11) is 2.25. The molecule has 0 aliphatic heterocycles. The molecule has 2 aromatic rings. The molecule has 0 saturated heterocycles. The van der Waals surface area contributed by atoms with Crippen molar-refractivity contribution in [1.29, 1.82) is 0 Å². The summed E-state index contributed by atoms with van der Waals surface area (Å²) in [5, 5.41) is 19.6. The van der Waals surface area contributed by atoms with Crippen LogP contribution in [0.25, 0.3) is 0 Å². The van der Waals surface area contributed by atoms with Gasteiger partial charge >= 0.3 is 17.1 Å². The van der Waals surface area contributed by atoms with Crippen LogP contribution >= 0.6 is 0 Å². The van der Waals surface area contributed by atoms with Crippen molar-refractivity contribution < 1.29 is 27.1 Å². The van der Waals surface area contributed by atoms with E-state index in [1.807, 2.05) is 55.4 Å². The Hall–Kier alpha value is -0.836. The quantitative estimate of drug-likeness (QED) is 0.634. The molecular weight excluding hydrogens is 269 g/mol. The van der Waals surface area contributed by atoms with Crippen LogP contribution in [0.15, 0.2) is 48.5 Å². The van der Waals surface area contributed by atoms with Crippen molar-refractivity contribution in [2.75, 3.05) is 14.1 Å². The standard InChI is InChI=1S/C8H12BNO2.C5H5.Fe/c1-10(2)6-7-4-3-5-8(7)9(11)12;1-2-4-5-3-1;/h3-5,11H,6H2,1-2H3;1-5H;/q-2;-1;+3. The number of hydrogen-bond donors (Lipinski definition) is 1. The molecule has 97 valence electrons. The summed E-state index contributed by atoms with van der Waals surface area (Å²) in [5.41, 5.74) is 1.39. The van der Waals surface area contributed by atoms with Crippen molar-refractivity contribution in [2.45, 2.75) is 6.54 Å². The second kappa shape index (κ2) is 9.14. The molecule has 0 atom stereocenters. The molecular formula is C13H17BFeNO2. The van der Waals surface area contributed by atoms with Gasteiger partial charge in [-0.25, -0.2) is 24.3 Å². The van der Waals surface area contributed by atoms with Gasteiger partial charge in [0.1, 0.15) is 7.12 Å². The Labute approximate surface area is 119 Å². The van der Waals surface area contributed by atoms with Crippen LogP contribution in [0.1, 0.15) is 5.56 Å². The fourth-order valence-electron chi connectivity index (χ4n) is 1.52. The van der Waals surface area contributed by atoms with Crippen molar-refractivity contribution >= 4 is 12.6 Å². The van der Waals surface area contributed by atoms with E-state index in [0.29, 0.717) is 12.0 Å². The van der Waals surface area contributed by atoms with Crippen LogP contribution in [-0.4, -0.2) is 31.1 Å². The summed E-state index contributed by atoms with van der Waals surface area (Å²) in [6.07, 6.45) is 0. The van der Waals surface area contributed by atoms with E-state index in [9.17, 15) is 5.02 Å². The second-order valence-electron chi connectivity index (χ2n) is 4.06. The minimum absolute atomic E-state index is 0. The van der Waals surface area contributed by atoms with E-state index < -0.39 is 7.12 Å². The summed E-state index contributed by atoms with van der Waals surface area (Å²) in [4.78, 5) is 1.96. The first-order valence-corrected chi connectivity index (χ1v) is 5.51. The molecule has 0 spiro atoms. The van der Waals surface area contributed by atoms with E-state index in [1.165, 1.54) is 0 Å². The van der Waals surface area contributed by atoms with Gasteiger partial charge in [0.05, 0.1) is 0 Å². The van der Waals surface area contributed by atoms with Gasteiger partial charge in [0.15, 0.2) is 0 Å². The molecule has 0 bridgehead atoms. The summed E-state index contributed by atoms with van der Waals surface area (Å²) in [6.45, 7) is 0.696. The Balaban J connectivity index is 0.000000405. The zero-order chi connectivity index (χ0) is 12.7. The van der Waals surface area contributed by atoms with Crippen LogP contribution in [0.5, 0.6) is 0 Å². The minimum atomic E-state index is -1.60. The fraction of sp³-hybridized carbons (Fsp3) is 0.231. The summed E-state index contributed by atoms with van der Waals surface area (Å²) in [5.74, 6) is 0. The van der Waals surface area contributed by atoms with Gasteiger partial charge in [-0.15, -0.1) is 0 Å². The SMILES string of the molecule is CN(C)Cc1ccc[c-]1B([O-])O.[Fe+3].c1cc[cH-]c1. The van der Waals surface area contributed by atoms with Gasteiger partial charge in [0.25, 0.3) is 0 Å². The fourth-order valence-corrected chi connectivity index (χ4v) is 1.52. The van der Waals surface area contributed by atoms with Gasteiger partial charge in [0, 0.05) is 0 Å². The Morgan fingerprint density at radius 3 is 2.33 bits per heavy atom. The van der Waals surface area contributed by atoms with Crippen molar-refractivity contribution in [2.24, 2.45) is 0 Å². The molecule has 0 unspecified atom stereocenters. The minimum Gasteiger partial charge on any atom is -0.863 e. The predicted octanol–water partition coefficient (Wildman–Crippen LogP) is -0.0821. The maximum atomic E-state index is 10.7. The van der Waals surface area contributed by atoms with E-state index >= 15 is 0 Å². The molecule has 1 radical (unpaired) electrons. The molecule has 2 rings (SSSR count). The van der Waals surface area contributed by atoms with E-state index in [-0.39, 0.29) is 17.1 Å². The normalized spacial score (nSPS) is 9.39. The van der Waals surface area contributed by atoms with Gasteiger partial charge in [-0.1, -0.05) is 0 Å². The van der Waals surface area contributed by atoms with Gasteiger partial charge < -0.3 is 14.9 Å². The monoisotopic (exact) mass is 286 g/mol. The Morgan fingerprint density at radius 2 is 1.94 bits per heavy atom. The van der Waals surface area contributed by atoms with E-state index in [1.54, 1.807) is 12.1 Å². The Bertz CT molecular complexity index is 382. The molecule has 0 saturated carbocycles. The number of nitrogens with zero attached hydrogens (tertiary/aromatic N) is 1. The Morgan fingerprint density at radius 1 is 1.33 bits per heavy atom. The number of rotatable bonds is 3. The third-order valence-electron chi connectivity index (χ3n) is 2.25. The average molecular weight is 286 g/mol. The van der Waals surface area contributed by atoms with E-state index in [2.05, 4.69) is 0 Å². The second-order valence-corrected chi connectivity index (χ2v) is 4.06. The van der Waals surface area contributed by atoms with Crippen molar-refractivity contribution in [1.82, 2.24) is 4.90 Å². The smallest absolute Gasteiger partial charge is 0.863 e. The maximum absolute atomic E-state index is 10.7. The van der Waals surface area contributed by atoms with Crippen molar-refractivity contribution in [3.05, 3.63) is 54.1 Å². The average Bonchev–Trinajstić information content (AvgIpc) is 2.88. The van der Waals surface area contributed by atoms with Crippen LogP contribution in [0, 0.1) is 0 Å². The molecule has 0 heterocycles. The largest absolute Gasteiger partial charge is 3.00 e.